The Bertz CT molecular complexity index is 705. The summed E-state index contributed by atoms with van der Waals surface area (Å²) in [6.07, 6.45) is -1.76. The van der Waals surface area contributed by atoms with Crippen LogP contribution in [-0.2, 0) is 4.74 Å². The summed E-state index contributed by atoms with van der Waals surface area (Å²) in [6.45, 7) is -0.430. The Balaban J connectivity index is 1.92. The Hall–Kier alpha value is -1.18. The molecule has 0 saturated carbocycles. The molecule has 2 radical (unpaired) electrons. The summed E-state index contributed by atoms with van der Waals surface area (Å²) in [5, 5.41) is 39.4. The van der Waals surface area contributed by atoms with Gasteiger partial charge in [0.05, 0.1) is 18.5 Å². The average Bonchev–Trinajstić information content (AvgIpc) is 3.17. The van der Waals surface area contributed by atoms with Crippen molar-refractivity contribution in [3.63, 3.8) is 0 Å². The Morgan fingerprint density at radius 3 is 2.87 bits per heavy atom. The minimum Gasteiger partial charge on any atom is -0.394 e. The summed E-state index contributed by atoms with van der Waals surface area (Å²) in [7, 11) is 5.48. The third-order valence-electron chi connectivity index (χ3n) is 3.59. The van der Waals surface area contributed by atoms with E-state index < -0.39 is 36.4 Å². The quantitative estimate of drug-likeness (QED) is 0.486. The van der Waals surface area contributed by atoms with Crippen molar-refractivity contribution in [2.45, 2.75) is 29.8 Å². The highest BCUT2D eigenvalue weighted by atomic mass is 32.2. The molecular weight excluding hydrogens is 343 g/mol. The van der Waals surface area contributed by atoms with E-state index in [0.717, 1.165) is 22.9 Å². The van der Waals surface area contributed by atoms with Crippen molar-refractivity contribution in [2.24, 2.45) is 0 Å². The van der Waals surface area contributed by atoms with Crippen LogP contribution in [0.5, 0.6) is 0 Å². The molecule has 122 valence electrons. The summed E-state index contributed by atoms with van der Waals surface area (Å²) in [5.41, 5.74) is 0.0617. The van der Waals surface area contributed by atoms with Crippen LogP contribution in [0.25, 0.3) is 11.4 Å². The molecule has 5 unspecified atom stereocenters. The van der Waals surface area contributed by atoms with Gasteiger partial charge in [0.1, 0.15) is 35.5 Å². The highest BCUT2D eigenvalue weighted by Crippen LogP contribution is 2.33. The van der Waals surface area contributed by atoms with Crippen molar-refractivity contribution < 1.29 is 20.1 Å². The number of aliphatic hydroxyl groups is 3. The molecule has 12 heteroatoms. The molecule has 0 amide bonds. The fourth-order valence-electron chi connectivity index (χ4n) is 2.44. The molecule has 0 aliphatic carbocycles. The van der Waals surface area contributed by atoms with E-state index in [1.807, 2.05) is 0 Å². The van der Waals surface area contributed by atoms with Gasteiger partial charge in [-0.05, 0) is 0 Å². The van der Waals surface area contributed by atoms with Crippen LogP contribution in [0.2, 0.25) is 0 Å². The zero-order valence-corrected chi connectivity index (χ0v) is 13.3. The van der Waals surface area contributed by atoms with Gasteiger partial charge in [0, 0.05) is 5.38 Å². The molecule has 1 saturated heterocycles. The highest BCUT2D eigenvalue weighted by molar-refractivity contribution is 8.20. The molecule has 0 bridgehead atoms. The average molecular weight is 356 g/mol. The molecule has 3 heterocycles. The Labute approximate surface area is 139 Å². The molecule has 3 rings (SSSR count). The second-order valence-corrected chi connectivity index (χ2v) is 6.56. The van der Waals surface area contributed by atoms with Gasteiger partial charge in [-0.15, -0.1) is 5.10 Å². The Morgan fingerprint density at radius 2 is 2.26 bits per heavy atom. The first kappa shape index (κ1) is 16.7. The summed E-state index contributed by atoms with van der Waals surface area (Å²) in [4.78, 5) is 13.6. The predicted octanol–water partition coefficient (Wildman–Crippen LogP) is -1.51. The number of hydrogen-bond donors (Lipinski definition) is 4. The number of nitrogens with zero attached hydrogens (tertiary/aromatic N) is 3. The summed E-state index contributed by atoms with van der Waals surface area (Å²) in [6, 6.07) is -0.895. The SMILES string of the molecule is [B]SC1OC(CO)C(O)C(n2cc(-c3csc(=O)[nH]3)nn2)C1O. The van der Waals surface area contributed by atoms with E-state index in [-0.39, 0.29) is 4.87 Å². The highest BCUT2D eigenvalue weighted by Gasteiger charge is 2.45. The fourth-order valence-corrected chi connectivity index (χ4v) is 3.55. The van der Waals surface area contributed by atoms with E-state index in [0.29, 0.717) is 11.4 Å². The van der Waals surface area contributed by atoms with Crippen LogP contribution in [-0.4, -0.2) is 72.8 Å². The summed E-state index contributed by atoms with van der Waals surface area (Å²) >= 11 is 1.77. The lowest BCUT2D eigenvalue weighted by molar-refractivity contribution is -0.178. The molecule has 2 aromatic heterocycles. The van der Waals surface area contributed by atoms with E-state index >= 15 is 0 Å². The first-order valence-electron chi connectivity index (χ1n) is 6.63. The number of aliphatic hydroxyl groups excluding tert-OH is 3. The molecule has 0 spiro atoms. The van der Waals surface area contributed by atoms with Gasteiger partial charge in [-0.2, -0.15) is 11.6 Å². The van der Waals surface area contributed by atoms with Gasteiger partial charge in [0.15, 0.2) is 7.12 Å². The van der Waals surface area contributed by atoms with Crippen LogP contribution in [0, 0.1) is 0 Å². The van der Waals surface area contributed by atoms with Crippen LogP contribution < -0.4 is 4.87 Å². The van der Waals surface area contributed by atoms with E-state index in [1.165, 1.54) is 10.9 Å². The lowest BCUT2D eigenvalue weighted by Crippen LogP contribution is -2.55. The molecule has 5 atom stereocenters. The van der Waals surface area contributed by atoms with Gasteiger partial charge >= 0.3 is 4.87 Å². The Morgan fingerprint density at radius 1 is 1.48 bits per heavy atom. The smallest absolute Gasteiger partial charge is 0.304 e. The second kappa shape index (κ2) is 6.75. The maximum Gasteiger partial charge on any atom is 0.304 e. The van der Waals surface area contributed by atoms with E-state index in [1.54, 1.807) is 5.38 Å². The first-order chi connectivity index (χ1) is 11.0. The van der Waals surface area contributed by atoms with Crippen molar-refractivity contribution in [1.82, 2.24) is 20.0 Å². The normalized spacial score (nSPS) is 31.3. The van der Waals surface area contributed by atoms with Crippen LogP contribution >= 0.6 is 22.9 Å². The molecule has 1 aliphatic rings. The van der Waals surface area contributed by atoms with Crippen molar-refractivity contribution in [2.75, 3.05) is 6.61 Å². The number of aromatic nitrogens is 4. The van der Waals surface area contributed by atoms with Gasteiger partial charge < -0.3 is 25.0 Å². The van der Waals surface area contributed by atoms with Crippen molar-refractivity contribution >= 4 is 30.1 Å². The predicted molar refractivity (Wildman–Crippen MR) is 84.1 cm³/mol. The largest absolute Gasteiger partial charge is 0.394 e. The van der Waals surface area contributed by atoms with Crippen LogP contribution in [0.3, 0.4) is 0 Å². The standard InChI is InChI=1S/C11H13BN4O5S2/c12-23-10-9(19)7(8(18)6(2-17)21-10)16-1-4(14-15-16)5-3-22-11(20)13-5/h1,3,6-10,17-19H,2H2,(H,13,20). The molecular formula is C11H13BN4O5S2. The van der Waals surface area contributed by atoms with E-state index in [9.17, 15) is 20.1 Å². The van der Waals surface area contributed by atoms with Crippen LogP contribution in [0.1, 0.15) is 6.04 Å². The van der Waals surface area contributed by atoms with Gasteiger partial charge in [-0.3, -0.25) is 4.79 Å². The van der Waals surface area contributed by atoms with Crippen molar-refractivity contribution in [1.29, 1.82) is 0 Å². The lowest BCUT2D eigenvalue weighted by Gasteiger charge is -2.41. The van der Waals surface area contributed by atoms with Gasteiger partial charge in [0.25, 0.3) is 0 Å². The molecule has 0 aromatic carbocycles. The molecule has 1 aliphatic heterocycles. The number of hydrogen-bond acceptors (Lipinski definition) is 9. The topological polar surface area (TPSA) is 133 Å². The molecule has 2 aromatic rings. The van der Waals surface area contributed by atoms with Crippen LogP contribution in [0.15, 0.2) is 16.4 Å². The molecule has 23 heavy (non-hydrogen) atoms. The zero-order chi connectivity index (χ0) is 16.6. The molecule has 9 nitrogen and oxygen atoms in total. The van der Waals surface area contributed by atoms with E-state index in [4.69, 9.17) is 11.9 Å². The third kappa shape index (κ3) is 3.10. The second-order valence-electron chi connectivity index (χ2n) is 4.98. The number of aromatic amines is 1. The molecule has 4 N–H and O–H groups in total. The van der Waals surface area contributed by atoms with Gasteiger partial charge in [0.2, 0.25) is 0 Å². The fraction of sp³-hybridized carbons (Fsp3) is 0.545. The maximum absolute atomic E-state index is 11.2. The minimum atomic E-state index is -1.20. The molecule has 1 fully saturated rings. The van der Waals surface area contributed by atoms with Crippen molar-refractivity contribution in [3.05, 3.63) is 21.2 Å². The maximum atomic E-state index is 11.2. The number of thiazole rings is 1. The van der Waals surface area contributed by atoms with Gasteiger partial charge in [-0.25, -0.2) is 4.68 Å². The van der Waals surface area contributed by atoms with Crippen molar-refractivity contribution in [3.8, 4) is 11.4 Å². The monoisotopic (exact) mass is 356 g/mol. The third-order valence-corrected chi connectivity index (χ3v) is 4.92. The number of rotatable bonds is 4. The number of nitrogens with one attached hydrogen (secondary N) is 1. The summed E-state index contributed by atoms with van der Waals surface area (Å²) in [5.74, 6) is 0. The zero-order valence-electron chi connectivity index (χ0n) is 11.6. The Kier molecular flexibility index (Phi) is 4.89. The van der Waals surface area contributed by atoms with Gasteiger partial charge in [-0.1, -0.05) is 16.6 Å². The van der Waals surface area contributed by atoms with Crippen LogP contribution in [0.4, 0.5) is 0 Å². The lowest BCUT2D eigenvalue weighted by atomic mass is 9.97. The first-order valence-corrected chi connectivity index (χ1v) is 8.45. The number of H-pyrrole nitrogens is 1. The number of ether oxygens (including phenoxy) is 1. The summed E-state index contributed by atoms with van der Waals surface area (Å²) < 4.78 is 6.62. The van der Waals surface area contributed by atoms with E-state index in [2.05, 4.69) is 15.3 Å². The minimum absolute atomic E-state index is 0.222.